The summed E-state index contributed by atoms with van der Waals surface area (Å²) >= 11 is 5.92. The number of carbonyl (C=O) groups is 1. The number of hydrogen-bond acceptors (Lipinski definition) is 1. The summed E-state index contributed by atoms with van der Waals surface area (Å²) in [6.45, 7) is 0.147. The molecular weight excluding hydrogens is 272 g/mol. The summed E-state index contributed by atoms with van der Waals surface area (Å²) in [5.74, 6) is -2.11. The third kappa shape index (κ3) is 3.29. The van der Waals surface area contributed by atoms with Crippen molar-refractivity contribution in [1.29, 1.82) is 0 Å². The fourth-order valence-electron chi connectivity index (χ4n) is 1.58. The van der Waals surface area contributed by atoms with Gasteiger partial charge in [0.1, 0.15) is 11.6 Å². The Morgan fingerprint density at radius 1 is 1.16 bits per heavy atom. The van der Waals surface area contributed by atoms with E-state index in [-0.39, 0.29) is 12.1 Å². The Morgan fingerprint density at radius 3 is 2.63 bits per heavy atom. The van der Waals surface area contributed by atoms with Gasteiger partial charge < -0.3 is 5.32 Å². The number of halogens is 3. The molecular formula is C14H10ClF2NO. The zero-order chi connectivity index (χ0) is 13.8. The lowest BCUT2D eigenvalue weighted by Crippen LogP contribution is -2.24. The molecule has 1 N–H and O–H groups in total. The second-order valence-electron chi connectivity index (χ2n) is 3.90. The molecule has 2 nitrogen and oxygen atoms in total. The number of amides is 1. The molecule has 0 saturated heterocycles. The third-order valence-electron chi connectivity index (χ3n) is 2.57. The summed E-state index contributed by atoms with van der Waals surface area (Å²) in [5.41, 5.74) is 0.376. The highest BCUT2D eigenvalue weighted by Crippen LogP contribution is 2.15. The number of nitrogens with one attached hydrogen (secondary N) is 1. The predicted molar refractivity (Wildman–Crippen MR) is 69.0 cm³/mol. The molecule has 98 valence electrons. The van der Waals surface area contributed by atoms with Gasteiger partial charge in [-0.25, -0.2) is 8.78 Å². The monoisotopic (exact) mass is 281 g/mol. The van der Waals surface area contributed by atoms with Crippen LogP contribution in [-0.2, 0) is 6.54 Å². The summed E-state index contributed by atoms with van der Waals surface area (Å²) in [6.07, 6.45) is 0. The molecule has 1 amide bonds. The van der Waals surface area contributed by atoms with Crippen LogP contribution in [-0.4, -0.2) is 5.91 Å². The van der Waals surface area contributed by atoms with Crippen molar-refractivity contribution < 1.29 is 13.6 Å². The van der Waals surface area contributed by atoms with Crippen molar-refractivity contribution in [2.24, 2.45) is 0 Å². The van der Waals surface area contributed by atoms with Gasteiger partial charge >= 0.3 is 0 Å². The van der Waals surface area contributed by atoms with Crippen LogP contribution in [0.15, 0.2) is 42.5 Å². The standard InChI is InChI=1S/C14H10ClF2NO/c15-12-4-2-1-3-9(12)8-18-14(19)11-7-10(16)5-6-13(11)17/h1-7H,8H2,(H,18,19). The molecule has 0 atom stereocenters. The molecule has 0 saturated carbocycles. The number of benzene rings is 2. The Hall–Kier alpha value is -1.94. The van der Waals surface area contributed by atoms with Crippen LogP contribution in [0.2, 0.25) is 5.02 Å². The van der Waals surface area contributed by atoms with Crippen LogP contribution in [0.25, 0.3) is 0 Å². The van der Waals surface area contributed by atoms with Crippen molar-refractivity contribution in [1.82, 2.24) is 5.32 Å². The van der Waals surface area contributed by atoms with Gasteiger partial charge in [0.2, 0.25) is 0 Å². The maximum absolute atomic E-state index is 13.4. The van der Waals surface area contributed by atoms with E-state index in [1.54, 1.807) is 24.3 Å². The molecule has 2 aromatic carbocycles. The second kappa shape index (κ2) is 5.80. The van der Waals surface area contributed by atoms with Gasteiger partial charge in [0.15, 0.2) is 0 Å². The predicted octanol–water partition coefficient (Wildman–Crippen LogP) is 3.55. The average molecular weight is 282 g/mol. The van der Waals surface area contributed by atoms with E-state index < -0.39 is 17.5 Å². The zero-order valence-corrected chi connectivity index (χ0v) is 10.5. The van der Waals surface area contributed by atoms with Crippen molar-refractivity contribution in [2.75, 3.05) is 0 Å². The van der Waals surface area contributed by atoms with E-state index in [1.807, 2.05) is 0 Å². The minimum absolute atomic E-state index is 0.147. The Morgan fingerprint density at radius 2 is 1.89 bits per heavy atom. The van der Waals surface area contributed by atoms with E-state index in [4.69, 9.17) is 11.6 Å². The fourth-order valence-corrected chi connectivity index (χ4v) is 1.79. The van der Waals surface area contributed by atoms with Crippen LogP contribution in [0.1, 0.15) is 15.9 Å². The first kappa shape index (κ1) is 13.5. The summed E-state index contributed by atoms with van der Waals surface area (Å²) in [4.78, 5) is 11.7. The Balaban J connectivity index is 2.10. The molecule has 19 heavy (non-hydrogen) atoms. The topological polar surface area (TPSA) is 29.1 Å². The lowest BCUT2D eigenvalue weighted by atomic mass is 10.1. The van der Waals surface area contributed by atoms with E-state index in [1.165, 1.54) is 0 Å². The molecule has 0 aromatic heterocycles. The minimum atomic E-state index is -0.766. The average Bonchev–Trinajstić information content (AvgIpc) is 2.40. The van der Waals surface area contributed by atoms with Crippen LogP contribution in [0, 0.1) is 11.6 Å². The smallest absolute Gasteiger partial charge is 0.254 e. The maximum atomic E-state index is 13.4. The summed E-state index contributed by atoms with van der Waals surface area (Å²) in [7, 11) is 0. The van der Waals surface area contributed by atoms with E-state index in [0.29, 0.717) is 10.6 Å². The van der Waals surface area contributed by atoms with Gasteiger partial charge in [0.05, 0.1) is 5.56 Å². The maximum Gasteiger partial charge on any atom is 0.254 e. The number of hydrogen-bond donors (Lipinski definition) is 1. The van der Waals surface area contributed by atoms with Gasteiger partial charge in [0.25, 0.3) is 5.91 Å². The minimum Gasteiger partial charge on any atom is -0.348 e. The van der Waals surface area contributed by atoms with Crippen molar-refractivity contribution in [3.05, 3.63) is 70.2 Å². The molecule has 0 heterocycles. The zero-order valence-electron chi connectivity index (χ0n) is 9.79. The van der Waals surface area contributed by atoms with E-state index in [2.05, 4.69) is 5.32 Å². The largest absolute Gasteiger partial charge is 0.348 e. The van der Waals surface area contributed by atoms with Gasteiger partial charge in [-0.05, 0) is 29.8 Å². The molecule has 0 radical (unpaired) electrons. The number of rotatable bonds is 3. The normalized spacial score (nSPS) is 10.3. The van der Waals surface area contributed by atoms with E-state index in [9.17, 15) is 13.6 Å². The Labute approximate surface area is 114 Å². The van der Waals surface area contributed by atoms with E-state index >= 15 is 0 Å². The van der Waals surface area contributed by atoms with Gasteiger partial charge in [-0.2, -0.15) is 0 Å². The molecule has 2 rings (SSSR count). The molecule has 0 bridgehead atoms. The molecule has 5 heteroatoms. The highest BCUT2D eigenvalue weighted by atomic mass is 35.5. The summed E-state index contributed by atoms with van der Waals surface area (Å²) in [5, 5.41) is 3.00. The fraction of sp³-hybridized carbons (Fsp3) is 0.0714. The SMILES string of the molecule is O=C(NCc1ccccc1Cl)c1cc(F)ccc1F. The van der Waals surface area contributed by atoms with E-state index in [0.717, 1.165) is 18.2 Å². The van der Waals surface area contributed by atoms with Crippen LogP contribution in [0.4, 0.5) is 8.78 Å². The van der Waals surface area contributed by atoms with Crippen LogP contribution in [0.5, 0.6) is 0 Å². The lowest BCUT2D eigenvalue weighted by Gasteiger charge is -2.07. The van der Waals surface area contributed by atoms with Crippen molar-refractivity contribution in [3.63, 3.8) is 0 Å². The first-order valence-corrected chi connectivity index (χ1v) is 5.92. The molecule has 0 aliphatic rings. The quantitative estimate of drug-likeness (QED) is 0.916. The number of carbonyl (C=O) groups excluding carboxylic acids is 1. The lowest BCUT2D eigenvalue weighted by molar-refractivity contribution is 0.0946. The second-order valence-corrected chi connectivity index (χ2v) is 4.31. The third-order valence-corrected chi connectivity index (χ3v) is 2.94. The summed E-state index contributed by atoms with van der Waals surface area (Å²) < 4.78 is 26.3. The van der Waals surface area contributed by atoms with Crippen molar-refractivity contribution in [3.8, 4) is 0 Å². The molecule has 0 spiro atoms. The Bertz CT molecular complexity index is 616. The highest BCUT2D eigenvalue weighted by Gasteiger charge is 2.12. The van der Waals surface area contributed by atoms with Crippen molar-refractivity contribution in [2.45, 2.75) is 6.54 Å². The molecule has 2 aromatic rings. The molecule has 0 unspecified atom stereocenters. The highest BCUT2D eigenvalue weighted by molar-refractivity contribution is 6.31. The van der Waals surface area contributed by atoms with Gasteiger partial charge in [-0.1, -0.05) is 29.8 Å². The Kier molecular flexibility index (Phi) is 4.12. The first-order chi connectivity index (χ1) is 9.08. The van der Waals surface area contributed by atoms with Crippen LogP contribution in [0.3, 0.4) is 0 Å². The summed E-state index contributed by atoms with van der Waals surface area (Å²) in [6, 6.07) is 9.70. The van der Waals surface area contributed by atoms with Crippen molar-refractivity contribution >= 4 is 17.5 Å². The molecule has 0 aliphatic heterocycles. The van der Waals surface area contributed by atoms with Gasteiger partial charge in [-0.15, -0.1) is 0 Å². The van der Waals surface area contributed by atoms with Crippen LogP contribution < -0.4 is 5.32 Å². The van der Waals surface area contributed by atoms with Gasteiger partial charge in [0, 0.05) is 11.6 Å². The first-order valence-electron chi connectivity index (χ1n) is 5.54. The van der Waals surface area contributed by atoms with Crippen LogP contribution >= 0.6 is 11.6 Å². The molecule has 0 fully saturated rings. The molecule has 0 aliphatic carbocycles. The van der Waals surface area contributed by atoms with Gasteiger partial charge in [-0.3, -0.25) is 4.79 Å².